The minimum atomic E-state index is -0.428. The Balaban J connectivity index is 0.00000272. The number of anilines is 1. The van der Waals surface area contributed by atoms with Crippen LogP contribution in [-0.4, -0.2) is 30.6 Å². The van der Waals surface area contributed by atoms with Crippen molar-refractivity contribution >= 4 is 35.6 Å². The Bertz CT molecular complexity index is 886. The van der Waals surface area contributed by atoms with Crippen LogP contribution in [-0.2, 0) is 24.1 Å². The molecular weight excluding hydrogens is 431 g/mol. The second-order valence-electron chi connectivity index (χ2n) is 8.44. The van der Waals surface area contributed by atoms with Crippen LogP contribution in [0.2, 0.25) is 5.02 Å². The molecule has 0 saturated heterocycles. The molecule has 168 valence electrons. The van der Waals surface area contributed by atoms with Gasteiger partial charge in [-0.2, -0.15) is 0 Å². The van der Waals surface area contributed by atoms with E-state index < -0.39 is 6.10 Å². The number of aliphatic hydroxyl groups excluding tert-OH is 1. The second-order valence-corrected chi connectivity index (χ2v) is 8.85. The number of nitrogens with zero attached hydrogens (tertiary/aromatic N) is 1. The number of carbonyl (C=O) groups excluding carboxylic acids is 1. The van der Waals surface area contributed by atoms with Crippen LogP contribution in [0, 0.1) is 0 Å². The molecule has 0 aliphatic carbocycles. The zero-order chi connectivity index (χ0) is 20.9. The summed E-state index contributed by atoms with van der Waals surface area (Å²) in [5.41, 5.74) is 5.81. The highest BCUT2D eigenvalue weighted by Crippen LogP contribution is 2.38. The quantitative estimate of drug-likeness (QED) is 0.514. The van der Waals surface area contributed by atoms with Gasteiger partial charge in [-0.1, -0.05) is 41.9 Å². The lowest BCUT2D eigenvalue weighted by Gasteiger charge is -2.35. The molecule has 4 rings (SSSR count). The van der Waals surface area contributed by atoms with Crippen LogP contribution in [0.4, 0.5) is 5.69 Å². The number of amides is 1. The number of nitrogens with one attached hydrogen (secondary N) is 1. The third-order valence-corrected chi connectivity index (χ3v) is 6.66. The molecule has 0 radical (unpaired) electrons. The molecule has 2 N–H and O–H groups in total. The molecule has 6 heteroatoms. The lowest BCUT2D eigenvalue weighted by Crippen LogP contribution is -2.39. The van der Waals surface area contributed by atoms with Gasteiger partial charge in [0.2, 0.25) is 5.91 Å². The second kappa shape index (κ2) is 11.3. The molecule has 0 aromatic heterocycles. The Morgan fingerprint density at radius 3 is 2.65 bits per heavy atom. The minimum Gasteiger partial charge on any atom is -0.388 e. The molecule has 0 bridgehead atoms. The van der Waals surface area contributed by atoms with Crippen LogP contribution in [0.25, 0.3) is 0 Å². The van der Waals surface area contributed by atoms with Crippen molar-refractivity contribution in [2.24, 2.45) is 0 Å². The third-order valence-electron chi connectivity index (χ3n) is 6.29. The highest BCUT2D eigenvalue weighted by molar-refractivity contribution is 6.31. The maximum Gasteiger partial charge on any atom is 0.227 e. The van der Waals surface area contributed by atoms with E-state index in [9.17, 15) is 9.90 Å². The lowest BCUT2D eigenvalue weighted by atomic mass is 9.88. The molecule has 2 heterocycles. The van der Waals surface area contributed by atoms with E-state index in [0.29, 0.717) is 6.42 Å². The predicted octanol–water partition coefficient (Wildman–Crippen LogP) is 5.02. The van der Waals surface area contributed by atoms with Crippen molar-refractivity contribution < 1.29 is 9.90 Å². The molecule has 2 aliphatic heterocycles. The summed E-state index contributed by atoms with van der Waals surface area (Å²) in [7, 11) is 0. The molecule has 31 heavy (non-hydrogen) atoms. The summed E-state index contributed by atoms with van der Waals surface area (Å²) in [4.78, 5) is 14.2. The molecule has 2 aliphatic rings. The first-order valence-electron chi connectivity index (χ1n) is 11.2. The van der Waals surface area contributed by atoms with Crippen molar-refractivity contribution in [3.63, 3.8) is 0 Å². The van der Waals surface area contributed by atoms with Gasteiger partial charge >= 0.3 is 0 Å². The van der Waals surface area contributed by atoms with E-state index in [0.717, 1.165) is 80.9 Å². The molecule has 2 aromatic rings. The van der Waals surface area contributed by atoms with E-state index in [2.05, 4.69) is 23.5 Å². The Labute approximate surface area is 196 Å². The van der Waals surface area contributed by atoms with Crippen LogP contribution in [0.1, 0.15) is 60.5 Å². The first-order chi connectivity index (χ1) is 14.6. The van der Waals surface area contributed by atoms with Gasteiger partial charge in [0, 0.05) is 18.0 Å². The van der Waals surface area contributed by atoms with Gasteiger partial charge in [-0.3, -0.25) is 4.79 Å². The van der Waals surface area contributed by atoms with Crippen molar-refractivity contribution in [3.8, 4) is 0 Å². The third kappa shape index (κ3) is 5.81. The smallest absolute Gasteiger partial charge is 0.227 e. The number of rotatable bonds is 9. The summed E-state index contributed by atoms with van der Waals surface area (Å²) in [6.07, 6.45) is 6.70. The first kappa shape index (κ1) is 24.1. The number of aliphatic hydroxyl groups is 1. The number of halogens is 2. The summed E-state index contributed by atoms with van der Waals surface area (Å²) < 4.78 is 0. The van der Waals surface area contributed by atoms with Crippen LogP contribution in [0.3, 0.4) is 0 Å². The van der Waals surface area contributed by atoms with E-state index >= 15 is 0 Å². The maximum absolute atomic E-state index is 12.2. The Morgan fingerprint density at radius 2 is 1.84 bits per heavy atom. The van der Waals surface area contributed by atoms with Crippen molar-refractivity contribution in [3.05, 3.63) is 63.7 Å². The number of hydrogen-bond acceptors (Lipinski definition) is 3. The van der Waals surface area contributed by atoms with Gasteiger partial charge in [-0.25, -0.2) is 0 Å². The zero-order valence-electron chi connectivity index (χ0n) is 17.9. The van der Waals surface area contributed by atoms with Crippen molar-refractivity contribution in [1.82, 2.24) is 5.32 Å². The number of carbonyl (C=O) groups is 1. The summed E-state index contributed by atoms with van der Waals surface area (Å²) in [6, 6.07) is 12.3. The number of aryl methyl sites for hydroxylation is 2. The molecule has 0 saturated carbocycles. The summed E-state index contributed by atoms with van der Waals surface area (Å²) in [6.45, 7) is 2.70. The topological polar surface area (TPSA) is 52.6 Å². The van der Waals surface area contributed by atoms with Crippen molar-refractivity contribution in [1.29, 1.82) is 0 Å². The summed E-state index contributed by atoms with van der Waals surface area (Å²) in [5.74, 6) is 0.249. The first-order valence-corrected chi connectivity index (χ1v) is 11.6. The number of hydrogen-bond donors (Lipinski definition) is 2. The van der Waals surface area contributed by atoms with E-state index in [1.807, 2.05) is 23.1 Å². The molecular formula is C25H32Cl2N2O2. The molecule has 0 spiro atoms. The molecule has 1 unspecified atom stereocenters. The van der Waals surface area contributed by atoms with E-state index in [1.54, 1.807) is 0 Å². The minimum absolute atomic E-state index is 0. The van der Waals surface area contributed by atoms with Gasteiger partial charge < -0.3 is 15.3 Å². The molecule has 0 fully saturated rings. The SMILES string of the molecule is Cl.O=C1CCc2cc(C(O)CCCCNCCc3ccccc3Cl)cc3c2N1CCC3. The Morgan fingerprint density at radius 1 is 1.06 bits per heavy atom. The van der Waals surface area contributed by atoms with Gasteiger partial charge in [-0.15, -0.1) is 12.4 Å². The van der Waals surface area contributed by atoms with Crippen LogP contribution in [0.15, 0.2) is 36.4 Å². The Hall–Kier alpha value is -1.59. The summed E-state index contributed by atoms with van der Waals surface area (Å²) >= 11 is 6.19. The average molecular weight is 463 g/mol. The van der Waals surface area contributed by atoms with E-state index in [4.69, 9.17) is 11.6 Å². The van der Waals surface area contributed by atoms with E-state index in [1.165, 1.54) is 16.7 Å². The zero-order valence-corrected chi connectivity index (χ0v) is 19.5. The van der Waals surface area contributed by atoms with Gasteiger partial charge in [-0.05, 0) is 86.4 Å². The fourth-order valence-electron chi connectivity index (χ4n) is 4.68. The fraction of sp³-hybridized carbons (Fsp3) is 0.480. The molecule has 4 nitrogen and oxygen atoms in total. The highest BCUT2D eigenvalue weighted by atomic mass is 35.5. The fourth-order valence-corrected chi connectivity index (χ4v) is 4.91. The highest BCUT2D eigenvalue weighted by Gasteiger charge is 2.30. The average Bonchev–Trinajstić information content (AvgIpc) is 2.76. The van der Waals surface area contributed by atoms with Crippen LogP contribution >= 0.6 is 24.0 Å². The standard InChI is InChI=1S/C25H31ClN2O2.ClH/c26-22-8-2-1-6-18(22)12-14-27-13-4-3-9-23(29)21-16-19-7-5-15-28-24(30)11-10-20(17-21)25(19)28;/h1-2,6,8,16-17,23,27,29H,3-5,7,9-15H2;1H. The maximum atomic E-state index is 12.2. The Kier molecular flexibility index (Phi) is 8.79. The van der Waals surface area contributed by atoms with E-state index in [-0.39, 0.29) is 18.3 Å². The summed E-state index contributed by atoms with van der Waals surface area (Å²) in [5, 5.41) is 15.0. The van der Waals surface area contributed by atoms with Gasteiger partial charge in [0.15, 0.2) is 0 Å². The van der Waals surface area contributed by atoms with Gasteiger partial charge in [0.05, 0.1) is 11.8 Å². The van der Waals surface area contributed by atoms with Gasteiger partial charge in [0.25, 0.3) is 0 Å². The van der Waals surface area contributed by atoms with Crippen LogP contribution < -0.4 is 10.2 Å². The monoisotopic (exact) mass is 462 g/mol. The number of benzene rings is 2. The van der Waals surface area contributed by atoms with Crippen molar-refractivity contribution in [2.45, 2.75) is 57.5 Å². The normalized spacial score (nSPS) is 15.9. The van der Waals surface area contributed by atoms with Crippen molar-refractivity contribution in [2.75, 3.05) is 24.5 Å². The predicted molar refractivity (Wildman–Crippen MR) is 130 cm³/mol. The number of unbranched alkanes of at least 4 members (excludes halogenated alkanes) is 1. The molecule has 1 atom stereocenters. The molecule has 1 amide bonds. The van der Waals surface area contributed by atoms with Gasteiger partial charge in [0.1, 0.15) is 0 Å². The largest absolute Gasteiger partial charge is 0.388 e. The molecule has 2 aromatic carbocycles. The van der Waals surface area contributed by atoms with Crippen LogP contribution in [0.5, 0.6) is 0 Å². The lowest BCUT2D eigenvalue weighted by molar-refractivity contribution is -0.119.